The molecular weight excluding hydrogens is 446 g/mol. The summed E-state index contributed by atoms with van der Waals surface area (Å²) in [6, 6.07) is 3.38. The third kappa shape index (κ3) is 5.56. The minimum atomic E-state index is -3.82. The number of carbonyl (C=O) groups excluding carboxylic acids is 1. The van der Waals surface area contributed by atoms with E-state index in [-0.39, 0.29) is 12.2 Å². The van der Waals surface area contributed by atoms with Crippen LogP contribution < -0.4 is 9.46 Å². The van der Waals surface area contributed by atoms with Gasteiger partial charge in [-0.3, -0.25) is 9.52 Å². The number of carbonyl (C=O) groups is 1. The number of aromatic nitrogens is 3. The predicted molar refractivity (Wildman–Crippen MR) is 112 cm³/mol. The molecule has 0 saturated carbocycles. The van der Waals surface area contributed by atoms with Crippen LogP contribution in [0.5, 0.6) is 5.88 Å². The van der Waals surface area contributed by atoms with Gasteiger partial charge in [0.2, 0.25) is 15.9 Å². The quantitative estimate of drug-likeness (QED) is 0.340. The summed E-state index contributed by atoms with van der Waals surface area (Å²) in [4.78, 5) is 16.8. The number of ketones is 1. The Labute approximate surface area is 183 Å². The van der Waals surface area contributed by atoms with Gasteiger partial charge in [0.15, 0.2) is 17.2 Å². The second kappa shape index (κ2) is 10.0. The van der Waals surface area contributed by atoms with Crippen molar-refractivity contribution < 1.29 is 31.5 Å². The molecule has 0 aliphatic rings. The van der Waals surface area contributed by atoms with E-state index in [0.717, 1.165) is 12.1 Å². The summed E-state index contributed by atoms with van der Waals surface area (Å²) >= 11 is 0. The second-order valence-electron chi connectivity index (χ2n) is 6.89. The Morgan fingerprint density at radius 1 is 1.25 bits per heavy atom. The highest BCUT2D eigenvalue weighted by Crippen LogP contribution is 2.24. The van der Waals surface area contributed by atoms with Gasteiger partial charge in [0.25, 0.3) is 0 Å². The average molecular weight is 468 g/mol. The van der Waals surface area contributed by atoms with Crippen molar-refractivity contribution >= 4 is 27.1 Å². The fraction of sp³-hybridized carbons (Fsp3) is 0.350. The first kappa shape index (κ1) is 23.5. The normalized spacial score (nSPS) is 11.6. The van der Waals surface area contributed by atoms with Crippen LogP contribution in [0.3, 0.4) is 0 Å². The number of hydrogen-bond acceptors (Lipinski definition) is 7. The maximum atomic E-state index is 14.8. The van der Waals surface area contributed by atoms with Crippen molar-refractivity contribution in [2.45, 2.75) is 19.8 Å². The third-order valence-electron chi connectivity index (χ3n) is 4.35. The van der Waals surface area contributed by atoms with Crippen LogP contribution in [-0.4, -0.2) is 54.9 Å². The second-order valence-corrected chi connectivity index (χ2v) is 8.74. The minimum Gasteiger partial charge on any atom is -0.474 e. The molecule has 12 heteroatoms. The van der Waals surface area contributed by atoms with Crippen molar-refractivity contribution in [1.82, 2.24) is 14.6 Å². The molecule has 0 spiro atoms. The summed E-state index contributed by atoms with van der Waals surface area (Å²) in [6.07, 6.45) is 2.82. The number of nitrogens with zero attached hydrogens (tertiary/aromatic N) is 3. The van der Waals surface area contributed by atoms with Crippen molar-refractivity contribution in [3.8, 4) is 5.88 Å². The van der Waals surface area contributed by atoms with Gasteiger partial charge >= 0.3 is 0 Å². The molecule has 0 aliphatic carbocycles. The molecule has 1 N–H and O–H groups in total. The Balaban J connectivity index is 1.82. The van der Waals surface area contributed by atoms with Crippen LogP contribution in [-0.2, 0) is 21.2 Å². The molecule has 9 nitrogen and oxygen atoms in total. The van der Waals surface area contributed by atoms with Crippen molar-refractivity contribution in [3.05, 3.63) is 53.4 Å². The van der Waals surface area contributed by atoms with E-state index >= 15 is 0 Å². The van der Waals surface area contributed by atoms with Crippen LogP contribution >= 0.6 is 0 Å². The molecule has 3 aromatic rings. The Morgan fingerprint density at radius 2 is 2.03 bits per heavy atom. The zero-order valence-corrected chi connectivity index (χ0v) is 18.3. The number of nitrogens with one attached hydrogen (secondary N) is 1. The monoisotopic (exact) mass is 468 g/mol. The van der Waals surface area contributed by atoms with E-state index in [9.17, 15) is 22.0 Å². The Hall–Kier alpha value is -3.12. The van der Waals surface area contributed by atoms with Crippen LogP contribution in [0.25, 0.3) is 5.65 Å². The van der Waals surface area contributed by atoms with E-state index in [1.807, 2.05) is 0 Å². The molecule has 3 rings (SSSR count). The number of Topliss-reactive ketones (excluding diaryl/α,β-unsaturated/α-hetero) is 1. The number of anilines is 1. The molecule has 2 aromatic heterocycles. The zero-order valence-electron chi connectivity index (χ0n) is 17.5. The van der Waals surface area contributed by atoms with Crippen molar-refractivity contribution in [1.29, 1.82) is 0 Å². The molecule has 0 atom stereocenters. The molecule has 0 bridgehead atoms. The molecular formula is C20H22F2N4O5S. The lowest BCUT2D eigenvalue weighted by Crippen LogP contribution is -2.19. The standard InChI is InChI=1S/C20H22F2N4O5S/c1-3-8-32(28,29)25-15-5-4-14(21)19(20(15)22)16(27)9-13-11-23-17-10-18(24-26(17)12-13)31-7-6-30-2/h4-5,10-12,25H,3,6-9H2,1-2H3. The number of fused-ring (bicyclic) bond motifs is 1. The molecule has 1 aromatic carbocycles. The lowest BCUT2D eigenvalue weighted by molar-refractivity contribution is 0.0984. The number of methoxy groups -OCH3 is 1. The molecule has 2 heterocycles. The van der Waals surface area contributed by atoms with Gasteiger partial charge in [0, 0.05) is 32.0 Å². The van der Waals surface area contributed by atoms with Crippen LogP contribution in [0, 0.1) is 11.6 Å². The van der Waals surface area contributed by atoms with E-state index in [0.29, 0.717) is 36.7 Å². The van der Waals surface area contributed by atoms with Crippen LogP contribution in [0.1, 0.15) is 29.3 Å². The molecule has 0 saturated heterocycles. The lowest BCUT2D eigenvalue weighted by atomic mass is 10.0. The lowest BCUT2D eigenvalue weighted by Gasteiger charge is -2.11. The number of hydrogen-bond donors (Lipinski definition) is 1. The van der Waals surface area contributed by atoms with Gasteiger partial charge in [-0.25, -0.2) is 26.7 Å². The largest absolute Gasteiger partial charge is 0.474 e. The molecule has 0 fully saturated rings. The Kier molecular flexibility index (Phi) is 7.36. The summed E-state index contributed by atoms with van der Waals surface area (Å²) in [6.45, 7) is 2.32. The van der Waals surface area contributed by atoms with Gasteiger partial charge in [0.05, 0.1) is 23.6 Å². The number of benzene rings is 1. The zero-order chi connectivity index (χ0) is 23.3. The minimum absolute atomic E-state index is 0.236. The van der Waals surface area contributed by atoms with Gasteiger partial charge in [0.1, 0.15) is 12.4 Å². The van der Waals surface area contributed by atoms with Crippen LogP contribution in [0.15, 0.2) is 30.6 Å². The number of sulfonamides is 1. The topological polar surface area (TPSA) is 112 Å². The van der Waals surface area contributed by atoms with Crippen molar-refractivity contribution in [2.24, 2.45) is 0 Å². The first-order valence-electron chi connectivity index (χ1n) is 9.71. The summed E-state index contributed by atoms with van der Waals surface area (Å²) < 4.78 is 66.7. The maximum absolute atomic E-state index is 14.8. The first-order valence-corrected chi connectivity index (χ1v) is 11.4. The molecule has 172 valence electrons. The van der Waals surface area contributed by atoms with Crippen LogP contribution in [0.2, 0.25) is 0 Å². The van der Waals surface area contributed by atoms with E-state index in [1.165, 1.54) is 16.9 Å². The number of ether oxygens (including phenoxy) is 2. The summed E-state index contributed by atoms with van der Waals surface area (Å²) in [5.41, 5.74) is -0.504. The molecule has 0 aliphatic heterocycles. The van der Waals surface area contributed by atoms with E-state index in [2.05, 4.69) is 14.8 Å². The fourth-order valence-electron chi connectivity index (χ4n) is 2.93. The molecule has 0 amide bonds. The summed E-state index contributed by atoms with van der Waals surface area (Å²) in [7, 11) is -2.28. The summed E-state index contributed by atoms with van der Waals surface area (Å²) in [5, 5.41) is 4.17. The molecule has 32 heavy (non-hydrogen) atoms. The highest BCUT2D eigenvalue weighted by atomic mass is 32.2. The predicted octanol–water partition coefficient (Wildman–Crippen LogP) is 2.61. The maximum Gasteiger partial charge on any atom is 0.235 e. The Bertz CT molecular complexity index is 1230. The van der Waals surface area contributed by atoms with E-state index in [4.69, 9.17) is 9.47 Å². The Morgan fingerprint density at radius 3 is 2.75 bits per heavy atom. The van der Waals surface area contributed by atoms with Gasteiger partial charge in [-0.05, 0) is 24.1 Å². The fourth-order valence-corrected chi connectivity index (χ4v) is 4.07. The average Bonchev–Trinajstić information content (AvgIpc) is 3.12. The first-order chi connectivity index (χ1) is 15.2. The smallest absolute Gasteiger partial charge is 0.235 e. The van der Waals surface area contributed by atoms with Gasteiger partial charge < -0.3 is 9.47 Å². The van der Waals surface area contributed by atoms with E-state index in [1.54, 1.807) is 20.1 Å². The number of rotatable bonds is 11. The van der Waals surface area contributed by atoms with Gasteiger partial charge in [-0.2, -0.15) is 0 Å². The summed E-state index contributed by atoms with van der Waals surface area (Å²) in [5.74, 6) is -3.16. The number of halogens is 2. The third-order valence-corrected chi connectivity index (χ3v) is 5.83. The molecule has 0 unspecified atom stereocenters. The van der Waals surface area contributed by atoms with Gasteiger partial charge in [-0.15, -0.1) is 5.10 Å². The van der Waals surface area contributed by atoms with Crippen molar-refractivity contribution in [2.75, 3.05) is 30.8 Å². The molecule has 0 radical (unpaired) electrons. The van der Waals surface area contributed by atoms with Gasteiger partial charge in [-0.1, -0.05) is 6.92 Å². The highest BCUT2D eigenvalue weighted by Gasteiger charge is 2.23. The highest BCUT2D eigenvalue weighted by molar-refractivity contribution is 7.92. The van der Waals surface area contributed by atoms with Crippen molar-refractivity contribution in [3.63, 3.8) is 0 Å². The SMILES string of the molecule is CCCS(=O)(=O)Nc1ccc(F)c(C(=O)Cc2cnc3cc(OCCOC)nn3c2)c1F. The van der Waals surface area contributed by atoms with Crippen LogP contribution in [0.4, 0.5) is 14.5 Å². The van der Waals surface area contributed by atoms with E-state index < -0.39 is 38.7 Å².